The first-order chi connectivity index (χ1) is 10.3. The zero-order valence-corrected chi connectivity index (χ0v) is 15.4. The van der Waals surface area contributed by atoms with Gasteiger partial charge in [0.05, 0.1) is 0 Å². The van der Waals surface area contributed by atoms with Crippen molar-refractivity contribution >= 4 is 11.0 Å². The Morgan fingerprint density at radius 2 is 1.95 bits per heavy atom. The second-order valence-electron chi connectivity index (χ2n) is 4.70. The van der Waals surface area contributed by atoms with E-state index in [0.29, 0.717) is 11.0 Å². The van der Waals surface area contributed by atoms with Crippen LogP contribution in [0.15, 0.2) is 41.0 Å². The molecule has 0 spiro atoms. The van der Waals surface area contributed by atoms with Crippen LogP contribution < -0.4 is 0 Å². The molecule has 4 rings (SSSR count). The smallest absolute Gasteiger partial charge is 0.135 e. The monoisotopic (exact) mass is 417 g/mol. The molecule has 0 unspecified atom stereocenters. The average Bonchev–Trinajstić information content (AvgIpc) is 3.15. The number of rotatable bonds is 2. The van der Waals surface area contributed by atoms with Gasteiger partial charge >= 0.3 is 0 Å². The van der Waals surface area contributed by atoms with E-state index in [-0.39, 0.29) is 41.3 Å². The summed E-state index contributed by atoms with van der Waals surface area (Å²) in [6.07, 6.45) is 2.78. The molecule has 0 fully saturated rings. The Morgan fingerprint density at radius 1 is 1.09 bits per heavy atom. The van der Waals surface area contributed by atoms with Gasteiger partial charge in [-0.15, -0.1) is 0 Å². The molecule has 0 saturated heterocycles. The van der Waals surface area contributed by atoms with Crippen LogP contribution in [0.1, 0.15) is 5.69 Å². The van der Waals surface area contributed by atoms with Gasteiger partial charge in [-0.3, -0.25) is 4.98 Å². The number of hydrogen-bond acceptors (Lipinski definition) is 5. The molecule has 4 aromatic rings. The summed E-state index contributed by atoms with van der Waals surface area (Å²) in [7, 11) is 0. The fourth-order valence-corrected chi connectivity index (χ4v) is 2.26. The molecular weight excluding hydrogens is 407 g/mol. The van der Waals surface area contributed by atoms with E-state index in [1.807, 2.05) is 43.3 Å². The van der Waals surface area contributed by atoms with Crippen molar-refractivity contribution in [3.05, 3.63) is 48.4 Å². The summed E-state index contributed by atoms with van der Waals surface area (Å²) in [5.74, 6) is 0. The van der Waals surface area contributed by atoms with E-state index in [9.17, 15) is 0 Å². The van der Waals surface area contributed by atoms with Crippen LogP contribution in [-0.2, 0) is 0 Å². The molecule has 3 heterocycles. The minimum Gasteiger partial charge on any atom is -0.459 e. The number of fused-ring (bicyclic) bond motifs is 1. The number of nitrogens with zero attached hydrogens (tertiary/aromatic N) is 4. The van der Waals surface area contributed by atoms with Crippen molar-refractivity contribution in [1.29, 1.82) is 0 Å². The predicted octanol–water partition coefficient (Wildman–Crippen LogP) is 2.78. The maximum absolute atomic E-state index is 4.72. The van der Waals surface area contributed by atoms with Crippen LogP contribution in [0.2, 0.25) is 0 Å². The van der Waals surface area contributed by atoms with Gasteiger partial charge in [-0.25, -0.2) is 4.63 Å². The fraction of sp³-hybridized carbons (Fsp3) is 0.0667. The molecule has 6 nitrogen and oxygen atoms in total. The molecule has 0 aliphatic rings. The molecule has 1 aromatic carbocycles. The number of aromatic amines is 1. The van der Waals surface area contributed by atoms with Crippen LogP contribution in [-0.4, -0.2) is 25.3 Å². The van der Waals surface area contributed by atoms with Crippen molar-refractivity contribution < 1.29 is 45.9 Å². The number of pyridine rings is 1. The van der Waals surface area contributed by atoms with Crippen LogP contribution >= 0.6 is 0 Å². The summed E-state index contributed by atoms with van der Waals surface area (Å²) >= 11 is 0. The van der Waals surface area contributed by atoms with E-state index in [4.69, 9.17) is 4.63 Å². The van der Waals surface area contributed by atoms with Crippen LogP contribution in [0, 0.1) is 54.5 Å². The van der Waals surface area contributed by atoms with E-state index in [1.54, 1.807) is 0 Å². The van der Waals surface area contributed by atoms with Crippen molar-refractivity contribution in [2.45, 2.75) is 6.92 Å². The largest absolute Gasteiger partial charge is 0.459 e. The van der Waals surface area contributed by atoms with Crippen LogP contribution in [0.4, 0.5) is 0 Å². The van der Waals surface area contributed by atoms with Gasteiger partial charge in [0, 0.05) is 52.7 Å². The van der Waals surface area contributed by atoms with E-state index in [2.05, 4.69) is 31.6 Å². The van der Waals surface area contributed by atoms with Gasteiger partial charge in [0.1, 0.15) is 11.0 Å². The Kier molecular flexibility index (Phi) is 4.31. The van der Waals surface area contributed by atoms with E-state index in [1.165, 1.54) is 0 Å². The zero-order valence-electron chi connectivity index (χ0n) is 11.7. The minimum absolute atomic E-state index is 0. The van der Waals surface area contributed by atoms with Crippen molar-refractivity contribution in [2.75, 3.05) is 0 Å². The number of hydrogen-bond donors (Lipinski definition) is 1. The standard InChI is InChI=1S/C15H10N5O.Pr/c1-9-3-2-4-12(18-9)15-14(16-8-17-15)10-5-6-11-13(7-10)20-21-19-11;/h2-7H,1H3,(H,16,17);/q-1;. The topological polar surface area (TPSA) is 80.5 Å². The average molecular weight is 417 g/mol. The minimum atomic E-state index is 0. The first-order valence-electron chi connectivity index (χ1n) is 6.44. The molecule has 7 heteroatoms. The van der Waals surface area contributed by atoms with Crippen molar-refractivity contribution in [3.8, 4) is 22.6 Å². The van der Waals surface area contributed by atoms with Gasteiger partial charge in [-0.2, -0.15) is 0 Å². The van der Waals surface area contributed by atoms with E-state index in [0.717, 1.165) is 28.3 Å². The SMILES string of the molecule is Cc1cccc(-c2[nH][c-]nc2-c2ccc3nonc3c2)n1.[Pr]. The molecule has 0 aliphatic heterocycles. The Hall–Kier alpha value is -1.66. The van der Waals surface area contributed by atoms with E-state index >= 15 is 0 Å². The number of nitrogens with one attached hydrogen (secondary N) is 1. The third-order valence-electron chi connectivity index (χ3n) is 3.26. The summed E-state index contributed by atoms with van der Waals surface area (Å²) in [6, 6.07) is 11.5. The van der Waals surface area contributed by atoms with Gasteiger partial charge in [0.15, 0.2) is 0 Å². The molecule has 22 heavy (non-hydrogen) atoms. The maximum Gasteiger partial charge on any atom is 0.135 e. The molecule has 0 bridgehead atoms. The third-order valence-corrected chi connectivity index (χ3v) is 3.26. The van der Waals surface area contributed by atoms with Gasteiger partial charge in [0.2, 0.25) is 0 Å². The third kappa shape index (κ3) is 2.68. The molecule has 1 N–H and O–H groups in total. The van der Waals surface area contributed by atoms with Crippen LogP contribution in [0.5, 0.6) is 0 Å². The van der Waals surface area contributed by atoms with Crippen molar-refractivity contribution in [1.82, 2.24) is 25.3 Å². The van der Waals surface area contributed by atoms with Crippen molar-refractivity contribution in [2.24, 2.45) is 0 Å². The number of benzene rings is 1. The van der Waals surface area contributed by atoms with Crippen molar-refractivity contribution in [3.63, 3.8) is 0 Å². The maximum atomic E-state index is 4.72. The summed E-state index contributed by atoms with van der Waals surface area (Å²) in [4.78, 5) is 11.8. The second-order valence-corrected chi connectivity index (χ2v) is 4.70. The van der Waals surface area contributed by atoms with Gasteiger partial charge in [0.25, 0.3) is 0 Å². The Balaban J connectivity index is 0.00000144. The Bertz CT molecular complexity index is 930. The quantitative estimate of drug-likeness (QED) is 0.508. The number of H-pyrrole nitrogens is 1. The number of aryl methyl sites for hydroxylation is 1. The zero-order chi connectivity index (χ0) is 14.2. The molecule has 0 atom stereocenters. The normalized spacial score (nSPS) is 10.6. The second kappa shape index (κ2) is 6.22. The van der Waals surface area contributed by atoms with Crippen LogP contribution in [0.25, 0.3) is 33.7 Å². The predicted molar refractivity (Wildman–Crippen MR) is 76.2 cm³/mol. The number of imidazole rings is 1. The first kappa shape index (κ1) is 15.2. The molecular formula is C15H10N5OPr-. The summed E-state index contributed by atoms with van der Waals surface area (Å²) in [5.41, 5.74) is 5.70. The van der Waals surface area contributed by atoms with Crippen LogP contribution in [0.3, 0.4) is 0 Å². The number of aromatic nitrogens is 5. The molecule has 0 amide bonds. The molecule has 1 radical (unpaired) electrons. The molecule has 0 aliphatic carbocycles. The van der Waals surface area contributed by atoms with Gasteiger partial charge in [-0.1, -0.05) is 29.1 Å². The summed E-state index contributed by atoms with van der Waals surface area (Å²) in [5, 5.41) is 7.65. The summed E-state index contributed by atoms with van der Waals surface area (Å²) < 4.78 is 4.72. The first-order valence-corrected chi connectivity index (χ1v) is 6.44. The van der Waals surface area contributed by atoms with Gasteiger partial charge in [-0.05, 0) is 47.8 Å². The fourth-order valence-electron chi connectivity index (χ4n) is 2.26. The van der Waals surface area contributed by atoms with Gasteiger partial charge < -0.3 is 9.97 Å². The molecule has 0 saturated carbocycles. The van der Waals surface area contributed by atoms with E-state index < -0.39 is 0 Å². The molecule has 3 aromatic heterocycles. The molecule has 105 valence electrons. The summed E-state index contributed by atoms with van der Waals surface area (Å²) in [6.45, 7) is 1.95. The Morgan fingerprint density at radius 3 is 2.82 bits per heavy atom. The Labute approximate surface area is 159 Å².